The largest absolute Gasteiger partial charge is 0.416 e. The number of hydrogen-bond donors (Lipinski definition) is 1. The first kappa shape index (κ1) is 21.2. The van der Waals surface area contributed by atoms with Crippen LogP contribution in [0.4, 0.5) is 30.2 Å². The number of amides is 2. The topological polar surface area (TPSA) is 92.6 Å². The zero-order valence-corrected chi connectivity index (χ0v) is 17.1. The second kappa shape index (κ2) is 7.43. The number of nitro benzene ring substituents is 1. The first-order valence-electron chi connectivity index (χ1n) is 10.4. The van der Waals surface area contributed by atoms with Crippen LogP contribution in [0.5, 0.6) is 0 Å². The molecule has 2 amide bonds. The average Bonchev–Trinajstić information content (AvgIpc) is 3.45. The molecule has 4 atom stereocenters. The van der Waals surface area contributed by atoms with Crippen molar-refractivity contribution >= 4 is 28.9 Å². The van der Waals surface area contributed by atoms with E-state index in [9.17, 15) is 32.9 Å². The van der Waals surface area contributed by atoms with Crippen LogP contribution in [0.2, 0.25) is 0 Å². The van der Waals surface area contributed by atoms with Crippen LogP contribution in [-0.2, 0) is 22.3 Å². The number of rotatable bonds is 5. The monoisotopic (exact) mass is 457 g/mol. The van der Waals surface area contributed by atoms with Gasteiger partial charge in [-0.05, 0) is 48.1 Å². The summed E-state index contributed by atoms with van der Waals surface area (Å²) in [5.74, 6) is -1.51. The number of anilines is 2. The molecule has 5 rings (SSSR count). The van der Waals surface area contributed by atoms with Crippen molar-refractivity contribution in [2.45, 2.75) is 19.1 Å². The number of alkyl halides is 3. The smallest absolute Gasteiger partial charge is 0.375 e. The summed E-state index contributed by atoms with van der Waals surface area (Å²) in [6.45, 7) is -0.0785. The standard InChI is InChI=1S/C23H18F3N3O4/c24-23(25,26)15-3-1-2-12(8-15)11-27-17-7-6-16(10-18(17)29(32)33)28-21(30)19-13-4-5-14(9-13)20(19)22(28)31/h1-8,10,13-14,19-20,27H,9,11H2/t13-,14-,19-,20-/m0/s1. The van der Waals surface area contributed by atoms with E-state index >= 15 is 0 Å². The Kier molecular flexibility index (Phi) is 4.77. The Morgan fingerprint density at radius 1 is 1.03 bits per heavy atom. The van der Waals surface area contributed by atoms with Crippen molar-refractivity contribution in [3.8, 4) is 0 Å². The summed E-state index contributed by atoms with van der Waals surface area (Å²) in [7, 11) is 0. The first-order chi connectivity index (χ1) is 15.6. The number of halogens is 3. The van der Waals surface area contributed by atoms with Gasteiger partial charge in [0.2, 0.25) is 11.8 Å². The molecule has 2 aliphatic carbocycles. The van der Waals surface area contributed by atoms with Crippen LogP contribution >= 0.6 is 0 Å². The molecule has 0 unspecified atom stereocenters. The number of benzene rings is 2. The Hall–Kier alpha value is -3.69. The van der Waals surface area contributed by atoms with Crippen LogP contribution in [0.25, 0.3) is 0 Å². The van der Waals surface area contributed by atoms with Gasteiger partial charge in [0.05, 0.1) is 28.0 Å². The van der Waals surface area contributed by atoms with Crippen LogP contribution in [0.3, 0.4) is 0 Å². The van der Waals surface area contributed by atoms with Crippen molar-refractivity contribution in [3.05, 3.63) is 75.9 Å². The van der Waals surface area contributed by atoms with Crippen molar-refractivity contribution in [3.63, 3.8) is 0 Å². The highest BCUT2D eigenvalue weighted by Crippen LogP contribution is 2.53. The first-order valence-corrected chi connectivity index (χ1v) is 10.4. The summed E-state index contributed by atoms with van der Waals surface area (Å²) in [6, 6.07) is 8.61. The van der Waals surface area contributed by atoms with Crippen molar-refractivity contribution < 1.29 is 27.7 Å². The second-order valence-electron chi connectivity index (χ2n) is 8.52. The Balaban J connectivity index is 1.39. The Morgan fingerprint density at radius 2 is 1.70 bits per heavy atom. The normalized spacial score (nSPS) is 25.6. The molecule has 1 saturated carbocycles. The zero-order valence-electron chi connectivity index (χ0n) is 17.1. The highest BCUT2D eigenvalue weighted by Gasteiger charge is 2.59. The van der Waals surface area contributed by atoms with E-state index in [1.165, 1.54) is 24.3 Å². The molecule has 1 N–H and O–H groups in total. The molecule has 7 nitrogen and oxygen atoms in total. The van der Waals surface area contributed by atoms with E-state index in [1.807, 2.05) is 12.2 Å². The molecule has 3 aliphatic rings. The molecule has 1 aliphatic heterocycles. The van der Waals surface area contributed by atoms with Crippen molar-refractivity contribution in [2.24, 2.45) is 23.7 Å². The van der Waals surface area contributed by atoms with Crippen LogP contribution in [-0.4, -0.2) is 16.7 Å². The lowest BCUT2D eigenvalue weighted by Crippen LogP contribution is -2.32. The van der Waals surface area contributed by atoms with Crippen LogP contribution in [0.1, 0.15) is 17.5 Å². The van der Waals surface area contributed by atoms with E-state index < -0.39 is 28.5 Å². The van der Waals surface area contributed by atoms with Gasteiger partial charge in [0.1, 0.15) is 5.69 Å². The Bertz CT molecular complexity index is 1180. The highest BCUT2D eigenvalue weighted by molar-refractivity contribution is 6.23. The molecule has 10 heteroatoms. The molecule has 0 spiro atoms. The number of carbonyl (C=O) groups is 2. The maximum Gasteiger partial charge on any atom is 0.416 e. The number of carbonyl (C=O) groups excluding carboxylic acids is 2. The molecule has 0 aromatic heterocycles. The van der Waals surface area contributed by atoms with Gasteiger partial charge in [0, 0.05) is 12.6 Å². The Labute approximate surface area is 186 Å². The van der Waals surface area contributed by atoms with E-state index in [-0.39, 0.29) is 47.3 Å². The zero-order chi connectivity index (χ0) is 23.5. The van der Waals surface area contributed by atoms with Crippen LogP contribution < -0.4 is 10.2 Å². The quantitative estimate of drug-likeness (QED) is 0.308. The van der Waals surface area contributed by atoms with Crippen molar-refractivity contribution in [1.29, 1.82) is 0 Å². The predicted molar refractivity (Wildman–Crippen MR) is 112 cm³/mol. The summed E-state index contributed by atoms with van der Waals surface area (Å²) in [5.41, 5.74) is -0.703. The van der Waals surface area contributed by atoms with Gasteiger partial charge in [-0.3, -0.25) is 19.7 Å². The van der Waals surface area contributed by atoms with Gasteiger partial charge < -0.3 is 5.32 Å². The third-order valence-electron chi connectivity index (χ3n) is 6.64. The molecule has 170 valence electrons. The van der Waals surface area contributed by atoms with Crippen LogP contribution in [0.15, 0.2) is 54.6 Å². The summed E-state index contributed by atoms with van der Waals surface area (Å²) in [5, 5.41) is 14.5. The predicted octanol–water partition coefficient (Wildman–Crippen LogP) is 4.54. The maximum absolute atomic E-state index is 13.0. The fraction of sp³-hybridized carbons (Fsp3) is 0.304. The van der Waals surface area contributed by atoms with Gasteiger partial charge in [-0.15, -0.1) is 0 Å². The average molecular weight is 457 g/mol. The number of nitrogens with zero attached hydrogens (tertiary/aromatic N) is 2. The fourth-order valence-electron chi connectivity index (χ4n) is 5.17. The number of nitro groups is 1. The van der Waals surface area contributed by atoms with Gasteiger partial charge in [-0.25, -0.2) is 4.90 Å². The summed E-state index contributed by atoms with van der Waals surface area (Å²) >= 11 is 0. The minimum absolute atomic E-state index is 0.0184. The van der Waals surface area contributed by atoms with Gasteiger partial charge in [0.15, 0.2) is 0 Å². The van der Waals surface area contributed by atoms with Gasteiger partial charge in [0.25, 0.3) is 5.69 Å². The molecule has 33 heavy (non-hydrogen) atoms. The van der Waals surface area contributed by atoms with Gasteiger partial charge >= 0.3 is 6.18 Å². The number of nitrogens with one attached hydrogen (secondary N) is 1. The minimum Gasteiger partial charge on any atom is -0.375 e. The van der Waals surface area contributed by atoms with Crippen molar-refractivity contribution in [1.82, 2.24) is 0 Å². The molecule has 0 radical (unpaired) electrons. The molecule has 2 aromatic rings. The summed E-state index contributed by atoms with van der Waals surface area (Å²) in [4.78, 5) is 38.0. The molecule has 2 fully saturated rings. The summed E-state index contributed by atoms with van der Waals surface area (Å²) in [6.07, 6.45) is 0.207. The van der Waals surface area contributed by atoms with Gasteiger partial charge in [-0.1, -0.05) is 24.3 Å². The molecular formula is C23H18F3N3O4. The van der Waals surface area contributed by atoms with E-state index in [1.54, 1.807) is 0 Å². The summed E-state index contributed by atoms with van der Waals surface area (Å²) < 4.78 is 38.8. The lowest BCUT2D eigenvalue weighted by Gasteiger charge is -2.18. The van der Waals surface area contributed by atoms with Gasteiger partial charge in [-0.2, -0.15) is 13.2 Å². The van der Waals surface area contributed by atoms with E-state index in [2.05, 4.69) is 5.32 Å². The molecular weight excluding hydrogens is 439 g/mol. The molecule has 1 heterocycles. The number of hydrogen-bond acceptors (Lipinski definition) is 5. The number of fused-ring (bicyclic) bond motifs is 5. The van der Waals surface area contributed by atoms with E-state index in [4.69, 9.17) is 0 Å². The lowest BCUT2D eigenvalue weighted by atomic mass is 9.85. The number of imide groups is 1. The van der Waals surface area contributed by atoms with E-state index in [0.29, 0.717) is 5.56 Å². The number of allylic oxidation sites excluding steroid dienone is 2. The van der Waals surface area contributed by atoms with E-state index in [0.717, 1.165) is 29.5 Å². The van der Waals surface area contributed by atoms with Crippen molar-refractivity contribution in [2.75, 3.05) is 10.2 Å². The Morgan fingerprint density at radius 3 is 2.30 bits per heavy atom. The van der Waals surface area contributed by atoms with Crippen LogP contribution in [0, 0.1) is 33.8 Å². The fourth-order valence-corrected chi connectivity index (χ4v) is 5.17. The second-order valence-corrected chi connectivity index (χ2v) is 8.52. The minimum atomic E-state index is -4.49. The maximum atomic E-state index is 13.0. The third kappa shape index (κ3) is 3.46. The molecule has 1 saturated heterocycles. The SMILES string of the molecule is O=C1[C@@H]2[C@@H](C(=O)N1c1ccc(NCc3cccc(C(F)(F)F)c3)c([N+](=O)[O-])c1)[C@H]1C=C[C@H]2C1. The molecule has 2 aromatic carbocycles. The third-order valence-corrected chi connectivity index (χ3v) is 6.64. The highest BCUT2D eigenvalue weighted by atomic mass is 19.4. The lowest BCUT2D eigenvalue weighted by molar-refractivity contribution is -0.383. The molecule has 2 bridgehead atoms.